The maximum absolute atomic E-state index is 13.3. The van der Waals surface area contributed by atoms with Gasteiger partial charge in [0, 0.05) is 23.9 Å². The molecule has 1 saturated heterocycles. The van der Waals surface area contributed by atoms with Crippen LogP contribution in [0.3, 0.4) is 0 Å². The van der Waals surface area contributed by atoms with Crippen molar-refractivity contribution in [3.05, 3.63) is 35.6 Å². The molecule has 0 radical (unpaired) electrons. The summed E-state index contributed by atoms with van der Waals surface area (Å²) < 4.78 is 18.7. The second-order valence-corrected chi connectivity index (χ2v) is 6.23. The first-order valence-electron chi connectivity index (χ1n) is 7.06. The van der Waals surface area contributed by atoms with Crippen LogP contribution < -0.4 is 5.32 Å². The highest BCUT2D eigenvalue weighted by Crippen LogP contribution is 2.16. The van der Waals surface area contributed by atoms with Crippen molar-refractivity contribution in [2.45, 2.75) is 31.6 Å². The van der Waals surface area contributed by atoms with E-state index in [0.29, 0.717) is 18.2 Å². The third-order valence-corrected chi connectivity index (χ3v) is 4.54. The summed E-state index contributed by atoms with van der Waals surface area (Å²) in [6.07, 6.45) is 1.87. The van der Waals surface area contributed by atoms with Gasteiger partial charge in [-0.05, 0) is 24.7 Å². The fourth-order valence-electron chi connectivity index (χ4n) is 2.18. The molecule has 2 atom stereocenters. The smallest absolute Gasteiger partial charge is 0.128 e. The highest BCUT2D eigenvalue weighted by molar-refractivity contribution is 7.99. The van der Waals surface area contributed by atoms with E-state index in [1.807, 2.05) is 11.8 Å². The van der Waals surface area contributed by atoms with Crippen molar-refractivity contribution < 1.29 is 14.2 Å². The number of aliphatic hydroxyl groups is 1. The van der Waals surface area contributed by atoms with E-state index in [4.69, 9.17) is 4.74 Å². The summed E-state index contributed by atoms with van der Waals surface area (Å²) in [4.78, 5) is 0. The number of nitrogens with one attached hydrogen (secondary N) is 1. The highest BCUT2D eigenvalue weighted by Gasteiger charge is 2.14. The molecule has 2 N–H and O–H groups in total. The second-order valence-electron chi connectivity index (χ2n) is 5.08. The molecule has 1 fully saturated rings. The molecule has 5 heteroatoms. The van der Waals surface area contributed by atoms with Crippen molar-refractivity contribution in [3.63, 3.8) is 0 Å². The zero-order chi connectivity index (χ0) is 14.2. The topological polar surface area (TPSA) is 41.5 Å². The van der Waals surface area contributed by atoms with Gasteiger partial charge < -0.3 is 15.2 Å². The van der Waals surface area contributed by atoms with E-state index < -0.39 is 6.10 Å². The van der Waals surface area contributed by atoms with Gasteiger partial charge in [-0.3, -0.25) is 0 Å². The quantitative estimate of drug-likeness (QED) is 0.810. The maximum Gasteiger partial charge on any atom is 0.128 e. The van der Waals surface area contributed by atoms with Gasteiger partial charge in [0.05, 0.1) is 19.3 Å². The summed E-state index contributed by atoms with van der Waals surface area (Å²) in [5, 5.41) is 13.2. The molecule has 0 spiro atoms. The number of hydrogen-bond donors (Lipinski definition) is 2. The minimum absolute atomic E-state index is 0.197. The van der Waals surface area contributed by atoms with Gasteiger partial charge in [-0.25, -0.2) is 4.39 Å². The number of ether oxygens (including phenoxy) is 1. The molecular weight excluding hydrogens is 277 g/mol. The van der Waals surface area contributed by atoms with Gasteiger partial charge in [0.15, 0.2) is 0 Å². The van der Waals surface area contributed by atoms with Crippen LogP contribution in [0.4, 0.5) is 4.39 Å². The summed E-state index contributed by atoms with van der Waals surface area (Å²) in [5.41, 5.74) is 0.524. The normalized spacial score (nSPS) is 20.8. The van der Waals surface area contributed by atoms with Crippen LogP contribution in [-0.2, 0) is 11.3 Å². The molecule has 112 valence electrons. The predicted octanol–water partition coefficient (Wildman–Crippen LogP) is 2.19. The number of benzene rings is 1. The molecule has 0 bridgehead atoms. The largest absolute Gasteiger partial charge is 0.389 e. The summed E-state index contributed by atoms with van der Waals surface area (Å²) in [7, 11) is 0. The SMILES string of the molecule is OC(CNC1CCCSC1)COCc1ccccc1F. The lowest BCUT2D eigenvalue weighted by atomic mass is 10.2. The third-order valence-electron chi connectivity index (χ3n) is 3.33. The lowest BCUT2D eigenvalue weighted by Crippen LogP contribution is -2.40. The van der Waals surface area contributed by atoms with Gasteiger partial charge in [0.2, 0.25) is 0 Å². The van der Waals surface area contributed by atoms with Crippen LogP contribution in [0.2, 0.25) is 0 Å². The molecule has 0 aromatic heterocycles. The first kappa shape index (κ1) is 15.8. The Morgan fingerprint density at radius 3 is 3.05 bits per heavy atom. The first-order chi connectivity index (χ1) is 9.75. The van der Waals surface area contributed by atoms with E-state index >= 15 is 0 Å². The lowest BCUT2D eigenvalue weighted by molar-refractivity contribution is 0.0268. The lowest BCUT2D eigenvalue weighted by Gasteiger charge is -2.24. The van der Waals surface area contributed by atoms with Crippen LogP contribution in [0, 0.1) is 5.82 Å². The van der Waals surface area contributed by atoms with E-state index in [1.54, 1.807) is 18.2 Å². The fraction of sp³-hybridized carbons (Fsp3) is 0.600. The standard InChI is InChI=1S/C15H22FNO2S/c16-15-6-2-1-4-12(15)9-19-10-14(18)8-17-13-5-3-7-20-11-13/h1-2,4,6,13-14,17-18H,3,5,7-11H2. The Morgan fingerprint density at radius 1 is 1.45 bits per heavy atom. The zero-order valence-corrected chi connectivity index (χ0v) is 12.4. The summed E-state index contributed by atoms with van der Waals surface area (Å²) >= 11 is 1.95. The summed E-state index contributed by atoms with van der Waals surface area (Å²) in [6, 6.07) is 7.03. The van der Waals surface area contributed by atoms with Crippen LogP contribution in [0.1, 0.15) is 18.4 Å². The Bertz CT molecular complexity index is 399. The molecule has 3 nitrogen and oxygen atoms in total. The molecule has 1 aliphatic rings. The van der Waals surface area contributed by atoms with Gasteiger partial charge in [-0.15, -0.1) is 0 Å². The average molecular weight is 299 g/mol. The molecule has 0 saturated carbocycles. The van der Waals surface area contributed by atoms with Crippen molar-refractivity contribution in [2.75, 3.05) is 24.7 Å². The number of halogens is 1. The fourth-order valence-corrected chi connectivity index (χ4v) is 3.29. The molecular formula is C15H22FNO2S. The summed E-state index contributed by atoms with van der Waals surface area (Å²) in [5.74, 6) is 2.09. The van der Waals surface area contributed by atoms with Gasteiger partial charge in [0.25, 0.3) is 0 Å². The number of aliphatic hydroxyl groups excluding tert-OH is 1. The minimum atomic E-state index is -0.548. The Morgan fingerprint density at radius 2 is 2.30 bits per heavy atom. The molecule has 2 unspecified atom stereocenters. The molecule has 1 aliphatic heterocycles. The van der Waals surface area contributed by atoms with Crippen LogP contribution in [0.15, 0.2) is 24.3 Å². The second kappa shape index (κ2) is 8.62. The van der Waals surface area contributed by atoms with Crippen molar-refractivity contribution in [2.24, 2.45) is 0 Å². The van der Waals surface area contributed by atoms with Gasteiger partial charge in [0.1, 0.15) is 5.82 Å². The molecule has 1 aromatic carbocycles. The van der Waals surface area contributed by atoms with E-state index in [-0.39, 0.29) is 19.0 Å². The Labute approximate surface area is 123 Å². The van der Waals surface area contributed by atoms with E-state index in [9.17, 15) is 9.50 Å². The molecule has 0 amide bonds. The van der Waals surface area contributed by atoms with Crippen LogP contribution in [-0.4, -0.2) is 41.9 Å². The Kier molecular flexibility index (Phi) is 6.79. The van der Waals surface area contributed by atoms with Crippen molar-refractivity contribution in [1.82, 2.24) is 5.32 Å². The number of hydrogen-bond acceptors (Lipinski definition) is 4. The van der Waals surface area contributed by atoms with Gasteiger partial charge >= 0.3 is 0 Å². The number of thioether (sulfide) groups is 1. The van der Waals surface area contributed by atoms with E-state index in [1.165, 1.54) is 24.7 Å². The van der Waals surface area contributed by atoms with Crippen LogP contribution >= 0.6 is 11.8 Å². The van der Waals surface area contributed by atoms with Crippen LogP contribution in [0.5, 0.6) is 0 Å². The summed E-state index contributed by atoms with van der Waals surface area (Å²) in [6.45, 7) is 0.951. The monoisotopic (exact) mass is 299 g/mol. The van der Waals surface area contributed by atoms with Gasteiger partial charge in [-0.1, -0.05) is 18.2 Å². The minimum Gasteiger partial charge on any atom is -0.389 e. The Balaban J connectivity index is 1.60. The Hall–Kier alpha value is -0.620. The van der Waals surface area contributed by atoms with E-state index in [2.05, 4.69) is 5.32 Å². The third kappa shape index (κ3) is 5.40. The first-order valence-corrected chi connectivity index (χ1v) is 8.21. The van der Waals surface area contributed by atoms with Gasteiger partial charge in [-0.2, -0.15) is 11.8 Å². The van der Waals surface area contributed by atoms with Crippen molar-refractivity contribution in [3.8, 4) is 0 Å². The molecule has 1 heterocycles. The zero-order valence-electron chi connectivity index (χ0n) is 11.6. The van der Waals surface area contributed by atoms with Crippen molar-refractivity contribution >= 4 is 11.8 Å². The molecule has 1 aromatic rings. The average Bonchev–Trinajstić information content (AvgIpc) is 2.48. The predicted molar refractivity (Wildman–Crippen MR) is 80.4 cm³/mol. The molecule has 20 heavy (non-hydrogen) atoms. The van der Waals surface area contributed by atoms with E-state index in [0.717, 1.165) is 5.75 Å². The molecule has 2 rings (SSSR count). The van der Waals surface area contributed by atoms with Crippen molar-refractivity contribution in [1.29, 1.82) is 0 Å². The molecule has 0 aliphatic carbocycles. The van der Waals surface area contributed by atoms with Crippen LogP contribution in [0.25, 0.3) is 0 Å². The maximum atomic E-state index is 13.3. The number of rotatable bonds is 7. The highest BCUT2D eigenvalue weighted by atomic mass is 32.2.